The number of sulfonamides is 1. The third kappa shape index (κ3) is 4.97. The van der Waals surface area contributed by atoms with Crippen LogP contribution in [0.25, 0.3) is 0 Å². The van der Waals surface area contributed by atoms with E-state index in [1.165, 1.54) is 35.6 Å². The molecule has 168 valence electrons. The second kappa shape index (κ2) is 9.49. The number of nitrogens with zero attached hydrogens (tertiary/aromatic N) is 2. The molecule has 0 atom stereocenters. The van der Waals surface area contributed by atoms with Crippen LogP contribution >= 0.6 is 11.3 Å². The van der Waals surface area contributed by atoms with Crippen molar-refractivity contribution in [3.05, 3.63) is 70.2 Å². The molecule has 2 aromatic carbocycles. The molecule has 1 N–H and O–H groups in total. The van der Waals surface area contributed by atoms with Crippen molar-refractivity contribution in [2.45, 2.75) is 25.7 Å². The van der Waals surface area contributed by atoms with Gasteiger partial charge in [0.25, 0.3) is 15.9 Å². The number of carbonyl (C=O) groups excluding carboxylic acids is 2. The largest absolute Gasteiger partial charge is 0.462 e. The lowest BCUT2D eigenvalue weighted by atomic mass is 10.2. The Kier molecular flexibility index (Phi) is 6.95. The highest BCUT2D eigenvalue weighted by molar-refractivity contribution is 7.92. The second-order valence-corrected chi connectivity index (χ2v) is 9.91. The molecule has 0 saturated heterocycles. The van der Waals surface area contributed by atoms with E-state index in [2.05, 4.69) is 10.3 Å². The van der Waals surface area contributed by atoms with E-state index < -0.39 is 21.9 Å². The summed E-state index contributed by atoms with van der Waals surface area (Å²) in [4.78, 5) is 29.1. The van der Waals surface area contributed by atoms with Gasteiger partial charge in [-0.25, -0.2) is 18.2 Å². The standard InChI is InChI=1S/C22H23N3O5S2/c1-5-30-21(27)19-15(3)23-22(31-19)24-20(26)16-7-6-8-18(13-16)32(28,29)25(4)17-11-9-14(2)10-12-17/h6-13H,5H2,1-4H3,(H,23,24,26). The van der Waals surface area contributed by atoms with E-state index in [4.69, 9.17) is 4.74 Å². The Balaban J connectivity index is 1.82. The van der Waals surface area contributed by atoms with Crippen molar-refractivity contribution in [3.63, 3.8) is 0 Å². The summed E-state index contributed by atoms with van der Waals surface area (Å²) in [7, 11) is -2.41. The third-order valence-corrected chi connectivity index (χ3v) is 7.46. The number of hydrogen-bond donors (Lipinski definition) is 1. The minimum Gasteiger partial charge on any atom is -0.462 e. The lowest BCUT2D eigenvalue weighted by molar-refractivity contribution is 0.0531. The first-order valence-electron chi connectivity index (χ1n) is 9.75. The van der Waals surface area contributed by atoms with Crippen molar-refractivity contribution >= 4 is 44.1 Å². The van der Waals surface area contributed by atoms with Gasteiger partial charge >= 0.3 is 5.97 Å². The van der Waals surface area contributed by atoms with Crippen molar-refractivity contribution in [1.82, 2.24) is 4.98 Å². The summed E-state index contributed by atoms with van der Waals surface area (Å²) in [6.45, 7) is 5.50. The average Bonchev–Trinajstić information content (AvgIpc) is 3.14. The van der Waals surface area contributed by atoms with E-state index in [-0.39, 0.29) is 22.2 Å². The maximum Gasteiger partial charge on any atom is 0.350 e. The highest BCUT2D eigenvalue weighted by Gasteiger charge is 2.23. The Hall–Kier alpha value is -3.24. The molecule has 0 radical (unpaired) electrons. The maximum atomic E-state index is 13.1. The van der Waals surface area contributed by atoms with Crippen LogP contribution in [0.15, 0.2) is 53.4 Å². The number of anilines is 2. The fourth-order valence-electron chi connectivity index (χ4n) is 2.85. The van der Waals surface area contributed by atoms with Crippen LogP contribution in [0.5, 0.6) is 0 Å². The van der Waals surface area contributed by atoms with Gasteiger partial charge in [0.1, 0.15) is 4.88 Å². The van der Waals surface area contributed by atoms with E-state index in [0.29, 0.717) is 16.3 Å². The minimum atomic E-state index is -3.87. The molecule has 32 heavy (non-hydrogen) atoms. The Morgan fingerprint density at radius 1 is 1.12 bits per heavy atom. The summed E-state index contributed by atoms with van der Waals surface area (Å²) in [5.74, 6) is -1.04. The zero-order chi connectivity index (χ0) is 23.5. The number of nitrogens with one attached hydrogen (secondary N) is 1. The van der Waals surface area contributed by atoms with Crippen LogP contribution in [-0.2, 0) is 14.8 Å². The molecule has 0 spiro atoms. The summed E-state index contributed by atoms with van der Waals surface area (Å²) in [6, 6.07) is 12.8. The molecule has 1 amide bonds. The number of carbonyl (C=O) groups is 2. The van der Waals surface area contributed by atoms with Gasteiger partial charge in [-0.15, -0.1) is 0 Å². The highest BCUT2D eigenvalue weighted by Crippen LogP contribution is 2.26. The Morgan fingerprint density at radius 3 is 2.47 bits per heavy atom. The zero-order valence-electron chi connectivity index (χ0n) is 18.1. The van der Waals surface area contributed by atoms with Crippen LogP contribution in [0, 0.1) is 13.8 Å². The van der Waals surface area contributed by atoms with Gasteiger partial charge in [0, 0.05) is 12.6 Å². The molecule has 0 fully saturated rings. The van der Waals surface area contributed by atoms with Crippen molar-refractivity contribution in [2.75, 3.05) is 23.3 Å². The summed E-state index contributed by atoms with van der Waals surface area (Å²) in [6.07, 6.45) is 0. The second-order valence-electron chi connectivity index (χ2n) is 6.94. The molecule has 0 saturated carbocycles. The molecule has 0 bridgehead atoms. The number of benzene rings is 2. The molecule has 0 aliphatic rings. The first-order chi connectivity index (χ1) is 15.1. The number of esters is 1. The smallest absolute Gasteiger partial charge is 0.350 e. The van der Waals surface area contributed by atoms with Gasteiger partial charge in [-0.3, -0.25) is 14.4 Å². The quantitative estimate of drug-likeness (QED) is 0.520. The third-order valence-electron chi connectivity index (χ3n) is 4.63. The number of hydrogen-bond acceptors (Lipinski definition) is 7. The summed E-state index contributed by atoms with van der Waals surface area (Å²) in [5.41, 5.74) is 2.12. The maximum absolute atomic E-state index is 13.1. The van der Waals surface area contributed by atoms with Gasteiger partial charge in [0.2, 0.25) is 0 Å². The molecule has 3 aromatic rings. The normalized spacial score (nSPS) is 11.1. The average molecular weight is 474 g/mol. The Morgan fingerprint density at radius 2 is 1.81 bits per heavy atom. The van der Waals surface area contributed by atoms with Gasteiger partial charge in [-0.1, -0.05) is 35.1 Å². The molecule has 1 aromatic heterocycles. The van der Waals surface area contributed by atoms with E-state index in [0.717, 1.165) is 16.9 Å². The number of rotatable bonds is 7. The summed E-state index contributed by atoms with van der Waals surface area (Å²) in [5, 5.41) is 2.84. The molecule has 8 nitrogen and oxygen atoms in total. The fourth-order valence-corrected chi connectivity index (χ4v) is 4.95. The van der Waals surface area contributed by atoms with E-state index in [1.807, 2.05) is 19.1 Å². The van der Waals surface area contributed by atoms with Crippen LogP contribution in [0.2, 0.25) is 0 Å². The fraction of sp³-hybridized carbons (Fsp3) is 0.227. The lowest BCUT2D eigenvalue weighted by Gasteiger charge is -2.20. The molecular weight excluding hydrogens is 450 g/mol. The number of aromatic nitrogens is 1. The highest BCUT2D eigenvalue weighted by atomic mass is 32.2. The Labute approximate surface area is 190 Å². The Bertz CT molecular complexity index is 1250. The van der Waals surface area contributed by atoms with Crippen molar-refractivity contribution < 1.29 is 22.7 Å². The van der Waals surface area contributed by atoms with Gasteiger partial charge < -0.3 is 4.74 Å². The number of thiazole rings is 1. The van der Waals surface area contributed by atoms with Crippen LogP contribution in [0.4, 0.5) is 10.8 Å². The predicted octanol–water partition coefficient (Wildman–Crippen LogP) is 4.01. The zero-order valence-corrected chi connectivity index (χ0v) is 19.7. The van der Waals surface area contributed by atoms with Crippen molar-refractivity contribution in [3.8, 4) is 0 Å². The molecule has 0 aliphatic heterocycles. The summed E-state index contributed by atoms with van der Waals surface area (Å²) >= 11 is 1.000. The number of ether oxygens (including phenoxy) is 1. The minimum absolute atomic E-state index is 0.0178. The molecule has 0 aliphatic carbocycles. The van der Waals surface area contributed by atoms with Gasteiger partial charge in [0.15, 0.2) is 5.13 Å². The van der Waals surface area contributed by atoms with Gasteiger partial charge in [0.05, 0.1) is 22.9 Å². The van der Waals surface area contributed by atoms with Crippen LogP contribution in [0.3, 0.4) is 0 Å². The molecule has 1 heterocycles. The molecule has 10 heteroatoms. The molecule has 3 rings (SSSR count). The van der Waals surface area contributed by atoms with Gasteiger partial charge in [-0.2, -0.15) is 0 Å². The SMILES string of the molecule is CCOC(=O)c1sc(NC(=O)c2cccc(S(=O)(=O)N(C)c3ccc(C)cc3)c2)nc1C. The van der Waals surface area contributed by atoms with Gasteiger partial charge in [-0.05, 0) is 51.1 Å². The topological polar surface area (TPSA) is 106 Å². The van der Waals surface area contributed by atoms with E-state index in [9.17, 15) is 18.0 Å². The molecular formula is C22H23N3O5S2. The first kappa shape index (κ1) is 23.4. The van der Waals surface area contributed by atoms with E-state index in [1.54, 1.807) is 26.0 Å². The van der Waals surface area contributed by atoms with Crippen LogP contribution in [0.1, 0.15) is 38.2 Å². The molecule has 0 unspecified atom stereocenters. The van der Waals surface area contributed by atoms with Crippen LogP contribution in [-0.4, -0.2) is 38.9 Å². The lowest BCUT2D eigenvalue weighted by Crippen LogP contribution is -2.26. The predicted molar refractivity (Wildman–Crippen MR) is 124 cm³/mol. The number of aryl methyl sites for hydroxylation is 2. The first-order valence-corrected chi connectivity index (χ1v) is 12.0. The number of amides is 1. The summed E-state index contributed by atoms with van der Waals surface area (Å²) < 4.78 is 32.3. The van der Waals surface area contributed by atoms with E-state index >= 15 is 0 Å². The van der Waals surface area contributed by atoms with Crippen molar-refractivity contribution in [1.29, 1.82) is 0 Å². The monoisotopic (exact) mass is 473 g/mol. The van der Waals surface area contributed by atoms with Crippen LogP contribution < -0.4 is 9.62 Å². The van der Waals surface area contributed by atoms with Crippen molar-refractivity contribution in [2.24, 2.45) is 0 Å².